The summed E-state index contributed by atoms with van der Waals surface area (Å²) in [5, 5.41) is 15.4. The summed E-state index contributed by atoms with van der Waals surface area (Å²) in [7, 11) is 0. The van der Waals surface area contributed by atoms with Crippen LogP contribution in [-0.2, 0) is 9.53 Å². The number of rotatable bonds is 9. The van der Waals surface area contributed by atoms with Gasteiger partial charge in [0.1, 0.15) is 24.4 Å². The fourth-order valence-electron chi connectivity index (χ4n) is 2.67. The van der Waals surface area contributed by atoms with Gasteiger partial charge in [-0.2, -0.15) is 0 Å². The number of aliphatic hydroxyl groups excluding tert-OH is 1. The molecule has 0 saturated heterocycles. The molecule has 1 saturated carbocycles. The highest BCUT2D eigenvalue weighted by Gasteiger charge is 2.30. The van der Waals surface area contributed by atoms with Gasteiger partial charge in [-0.05, 0) is 19.8 Å². The number of hydrogen-bond acceptors (Lipinski definition) is 7. The number of nitrogens with two attached hydrogens (primary N) is 1. The van der Waals surface area contributed by atoms with Gasteiger partial charge in [-0.25, -0.2) is 9.97 Å². The number of nitrogens with one attached hydrogen (secondary N) is 2. The van der Waals surface area contributed by atoms with Crippen molar-refractivity contribution in [1.29, 1.82) is 0 Å². The van der Waals surface area contributed by atoms with Gasteiger partial charge >= 0.3 is 0 Å². The lowest BCUT2D eigenvalue weighted by molar-refractivity contribution is -0.132. The van der Waals surface area contributed by atoms with E-state index in [0.717, 1.165) is 25.7 Å². The van der Waals surface area contributed by atoms with Crippen LogP contribution in [-0.4, -0.2) is 58.3 Å². The van der Waals surface area contributed by atoms with E-state index in [2.05, 4.69) is 20.6 Å². The van der Waals surface area contributed by atoms with Gasteiger partial charge in [-0.3, -0.25) is 9.59 Å². The Morgan fingerprint density at radius 1 is 1.36 bits per heavy atom. The summed E-state index contributed by atoms with van der Waals surface area (Å²) in [5.74, 6) is -0.550. The number of carbonyl (C=O) groups excluding carboxylic acids is 2. The lowest BCUT2D eigenvalue weighted by atomic mass is 10.1. The molecule has 5 N–H and O–H groups in total. The van der Waals surface area contributed by atoms with Crippen molar-refractivity contribution in [2.75, 3.05) is 25.0 Å². The van der Waals surface area contributed by atoms with Gasteiger partial charge in [0, 0.05) is 19.2 Å². The van der Waals surface area contributed by atoms with E-state index < -0.39 is 12.0 Å². The van der Waals surface area contributed by atoms with Crippen LogP contribution in [0, 0.1) is 0 Å². The maximum absolute atomic E-state index is 11.8. The summed E-state index contributed by atoms with van der Waals surface area (Å²) in [6.07, 6.45) is 4.58. The third-order valence-corrected chi connectivity index (χ3v) is 4.19. The third kappa shape index (κ3) is 6.28. The Bertz CT molecular complexity index is 604. The molecule has 2 rings (SSSR count). The average Bonchev–Trinajstić information content (AvgIpc) is 3.03. The van der Waals surface area contributed by atoms with E-state index in [1.165, 1.54) is 12.4 Å². The van der Waals surface area contributed by atoms with Crippen LogP contribution < -0.4 is 16.4 Å². The molecule has 1 heterocycles. The summed E-state index contributed by atoms with van der Waals surface area (Å²) in [6.45, 7) is 2.24. The van der Waals surface area contributed by atoms with Gasteiger partial charge in [0.15, 0.2) is 0 Å². The number of aromatic nitrogens is 2. The van der Waals surface area contributed by atoms with E-state index in [9.17, 15) is 14.7 Å². The van der Waals surface area contributed by atoms with Gasteiger partial charge in [0.2, 0.25) is 5.91 Å². The van der Waals surface area contributed by atoms with Crippen molar-refractivity contribution in [2.24, 2.45) is 5.73 Å². The minimum absolute atomic E-state index is 0.00939. The predicted octanol–water partition coefficient (Wildman–Crippen LogP) is -0.186. The molecule has 138 valence electrons. The molecule has 0 aromatic carbocycles. The lowest BCUT2D eigenvalue weighted by Gasteiger charge is -2.24. The Hall–Kier alpha value is -2.26. The maximum Gasteiger partial charge on any atom is 0.267 e. The zero-order valence-electron chi connectivity index (χ0n) is 14.3. The third-order valence-electron chi connectivity index (χ3n) is 4.19. The van der Waals surface area contributed by atoms with Gasteiger partial charge in [0.25, 0.3) is 5.91 Å². The molecule has 25 heavy (non-hydrogen) atoms. The highest BCUT2D eigenvalue weighted by Crippen LogP contribution is 2.32. The first-order chi connectivity index (χ1) is 11.9. The average molecular weight is 351 g/mol. The van der Waals surface area contributed by atoms with Gasteiger partial charge < -0.3 is 26.2 Å². The fourth-order valence-corrected chi connectivity index (χ4v) is 2.67. The maximum atomic E-state index is 11.8. The Labute approximate surface area is 146 Å². The second-order valence-corrected chi connectivity index (χ2v) is 6.44. The summed E-state index contributed by atoms with van der Waals surface area (Å²) in [4.78, 5) is 30.5. The minimum atomic E-state index is -0.821. The summed E-state index contributed by atoms with van der Waals surface area (Å²) in [5.41, 5.74) is 5.01. The Balaban J connectivity index is 1.66. The normalized spacial score (nSPS) is 17.0. The fraction of sp³-hybridized carbons (Fsp3) is 0.625. The molecule has 0 aliphatic heterocycles. The molecule has 0 spiro atoms. The van der Waals surface area contributed by atoms with Crippen molar-refractivity contribution in [3.05, 3.63) is 18.1 Å². The number of ether oxygens (including phenoxy) is 1. The van der Waals surface area contributed by atoms with E-state index in [-0.39, 0.29) is 36.9 Å². The van der Waals surface area contributed by atoms with Gasteiger partial charge in [-0.15, -0.1) is 0 Å². The van der Waals surface area contributed by atoms with Crippen molar-refractivity contribution in [3.63, 3.8) is 0 Å². The zero-order chi connectivity index (χ0) is 18.3. The number of nitrogens with zero attached hydrogens (tertiary/aromatic N) is 2. The highest BCUT2D eigenvalue weighted by molar-refractivity contribution is 5.91. The first-order valence-corrected chi connectivity index (χ1v) is 8.32. The van der Waals surface area contributed by atoms with E-state index in [4.69, 9.17) is 10.5 Å². The Kier molecular flexibility index (Phi) is 6.65. The van der Waals surface area contributed by atoms with Gasteiger partial charge in [-0.1, -0.05) is 12.8 Å². The van der Waals surface area contributed by atoms with Crippen LogP contribution in [0.1, 0.15) is 43.1 Å². The molecule has 1 aromatic heterocycles. The molecule has 9 nitrogen and oxygen atoms in total. The van der Waals surface area contributed by atoms with E-state index in [1.54, 1.807) is 0 Å². The van der Waals surface area contributed by atoms with Crippen LogP contribution in [0.2, 0.25) is 0 Å². The van der Waals surface area contributed by atoms with Crippen LogP contribution in [0.15, 0.2) is 12.4 Å². The number of hydrogen-bond donors (Lipinski definition) is 4. The van der Waals surface area contributed by atoms with E-state index >= 15 is 0 Å². The predicted molar refractivity (Wildman–Crippen MR) is 90.9 cm³/mol. The largest absolute Gasteiger partial charge is 0.389 e. The zero-order valence-corrected chi connectivity index (χ0v) is 14.3. The molecule has 1 fully saturated rings. The molecule has 0 radical (unpaired) electrons. The summed E-state index contributed by atoms with van der Waals surface area (Å²) >= 11 is 0. The summed E-state index contributed by atoms with van der Waals surface area (Å²) in [6, 6.07) is 1.39. The smallest absolute Gasteiger partial charge is 0.267 e. The molecule has 1 aromatic rings. The van der Waals surface area contributed by atoms with Crippen molar-refractivity contribution in [1.82, 2.24) is 15.3 Å². The molecule has 1 atom stereocenters. The topological polar surface area (TPSA) is 139 Å². The number of anilines is 1. The molecule has 9 heteroatoms. The molecule has 1 aliphatic rings. The number of aliphatic hydroxyl groups is 1. The molecular weight excluding hydrogens is 326 g/mol. The SMILES string of the molecule is CC1(OCC(=O)NCC(O)CNc2cc(C(N)=O)ncn2)CCCC1. The minimum Gasteiger partial charge on any atom is -0.389 e. The van der Waals surface area contributed by atoms with E-state index in [1.807, 2.05) is 6.92 Å². The molecule has 1 aliphatic carbocycles. The van der Waals surface area contributed by atoms with Crippen molar-refractivity contribution in [3.8, 4) is 0 Å². The molecular formula is C16H25N5O4. The monoisotopic (exact) mass is 351 g/mol. The summed E-state index contributed by atoms with van der Waals surface area (Å²) < 4.78 is 5.68. The Morgan fingerprint density at radius 3 is 2.76 bits per heavy atom. The quantitative estimate of drug-likeness (QED) is 0.483. The van der Waals surface area contributed by atoms with Crippen LogP contribution in [0.3, 0.4) is 0 Å². The first-order valence-electron chi connectivity index (χ1n) is 8.32. The first kappa shape index (κ1) is 19.1. The molecule has 0 bridgehead atoms. The van der Waals surface area contributed by atoms with E-state index in [0.29, 0.717) is 5.82 Å². The standard InChI is InChI=1S/C16H25N5O4/c1-16(4-2-3-5-16)25-9-14(23)19-8-11(22)7-18-13-6-12(15(17)24)20-10-21-13/h6,10-11,22H,2-5,7-9H2,1H3,(H2,17,24)(H,19,23)(H,18,20,21). The number of carbonyl (C=O) groups is 2. The van der Waals surface area contributed by atoms with Crippen molar-refractivity contribution in [2.45, 2.75) is 44.3 Å². The second kappa shape index (κ2) is 8.72. The second-order valence-electron chi connectivity index (χ2n) is 6.44. The van der Waals surface area contributed by atoms with Crippen molar-refractivity contribution < 1.29 is 19.4 Å². The van der Waals surface area contributed by atoms with Crippen LogP contribution in [0.4, 0.5) is 5.82 Å². The Morgan fingerprint density at radius 2 is 2.08 bits per heavy atom. The number of primary amides is 1. The molecule has 1 unspecified atom stereocenters. The van der Waals surface area contributed by atoms with Crippen molar-refractivity contribution >= 4 is 17.6 Å². The lowest BCUT2D eigenvalue weighted by Crippen LogP contribution is -2.39. The van der Waals surface area contributed by atoms with Crippen LogP contribution in [0.25, 0.3) is 0 Å². The van der Waals surface area contributed by atoms with Crippen LogP contribution in [0.5, 0.6) is 0 Å². The number of amides is 2. The molecule has 2 amide bonds. The van der Waals surface area contributed by atoms with Crippen LogP contribution >= 0.6 is 0 Å². The highest BCUT2D eigenvalue weighted by atomic mass is 16.5. The van der Waals surface area contributed by atoms with Gasteiger partial charge in [0.05, 0.1) is 11.7 Å².